The van der Waals surface area contributed by atoms with Crippen molar-refractivity contribution in [2.24, 2.45) is 0 Å². The van der Waals surface area contributed by atoms with Crippen LogP contribution in [-0.4, -0.2) is 49.5 Å². The van der Waals surface area contributed by atoms with E-state index in [0.29, 0.717) is 12.5 Å². The number of carbonyl (C=O) groups excluding carboxylic acids is 1. The van der Waals surface area contributed by atoms with Gasteiger partial charge in [0.2, 0.25) is 0 Å². The highest BCUT2D eigenvalue weighted by atomic mass is 16.5. The summed E-state index contributed by atoms with van der Waals surface area (Å²) in [7, 11) is 0. The molecule has 1 atom stereocenters. The first kappa shape index (κ1) is 18.0. The maximum absolute atomic E-state index is 12.8. The minimum absolute atomic E-state index is 0.0699. The fourth-order valence-corrected chi connectivity index (χ4v) is 2.97. The fraction of sp³-hybridized carbons (Fsp3) is 0.632. The van der Waals surface area contributed by atoms with E-state index in [1.165, 1.54) is 0 Å². The molecule has 0 bridgehead atoms. The predicted molar refractivity (Wildman–Crippen MR) is 94.6 cm³/mol. The van der Waals surface area contributed by atoms with Gasteiger partial charge in [0, 0.05) is 31.7 Å². The van der Waals surface area contributed by atoms with Gasteiger partial charge in [-0.1, -0.05) is 20.8 Å². The van der Waals surface area contributed by atoms with Gasteiger partial charge in [-0.15, -0.1) is 0 Å². The number of carbonyl (C=O) groups is 1. The zero-order valence-corrected chi connectivity index (χ0v) is 14.9. The van der Waals surface area contributed by atoms with Crippen molar-refractivity contribution in [1.29, 1.82) is 0 Å². The highest BCUT2D eigenvalue weighted by Gasteiger charge is 2.24. The number of nitrogens with one attached hydrogen (secondary N) is 1. The van der Waals surface area contributed by atoms with Crippen LogP contribution in [0.3, 0.4) is 0 Å². The third-order valence-corrected chi connectivity index (χ3v) is 4.46. The number of benzene rings is 1. The van der Waals surface area contributed by atoms with Gasteiger partial charge in [0.1, 0.15) is 5.75 Å². The molecule has 0 aromatic heterocycles. The number of rotatable bonds is 7. The van der Waals surface area contributed by atoms with Crippen LogP contribution in [0.1, 0.15) is 56.0 Å². The van der Waals surface area contributed by atoms with Gasteiger partial charge < -0.3 is 10.1 Å². The Morgan fingerprint density at radius 2 is 1.96 bits per heavy atom. The molecule has 0 spiro atoms. The summed E-state index contributed by atoms with van der Waals surface area (Å²) in [6.07, 6.45) is 0.984. The minimum atomic E-state index is -0.0699. The van der Waals surface area contributed by atoms with E-state index in [0.717, 1.165) is 49.5 Å². The van der Waals surface area contributed by atoms with Crippen molar-refractivity contribution < 1.29 is 9.53 Å². The lowest BCUT2D eigenvalue weighted by molar-refractivity contribution is 0.0820. The van der Waals surface area contributed by atoms with Crippen LogP contribution in [0.2, 0.25) is 0 Å². The van der Waals surface area contributed by atoms with Crippen molar-refractivity contribution in [3.63, 3.8) is 0 Å². The number of nitrogens with zero attached hydrogens (tertiary/aromatic N) is 1. The number of Topliss-reactive ketones (excluding diaryl/α,β-unsaturated/α-hetero) is 1. The molecular weight excluding hydrogens is 288 g/mol. The number of hydrogen-bond donors (Lipinski definition) is 1. The molecule has 1 aliphatic rings. The van der Waals surface area contributed by atoms with E-state index in [4.69, 9.17) is 4.74 Å². The number of ether oxygens (including phenoxy) is 1. The summed E-state index contributed by atoms with van der Waals surface area (Å²) in [6.45, 7) is 12.9. The van der Waals surface area contributed by atoms with E-state index in [9.17, 15) is 4.79 Å². The average Bonchev–Trinajstić information content (AvgIpc) is 2.59. The molecule has 128 valence electrons. The van der Waals surface area contributed by atoms with E-state index in [2.05, 4.69) is 31.0 Å². The third kappa shape index (κ3) is 4.55. The molecule has 1 fully saturated rings. The second-order valence-electron chi connectivity index (χ2n) is 6.58. The Balaban J connectivity index is 2.17. The fourth-order valence-electron chi connectivity index (χ4n) is 2.97. The molecule has 1 aromatic carbocycles. The smallest absolute Gasteiger partial charge is 0.179 e. The van der Waals surface area contributed by atoms with Gasteiger partial charge in [-0.2, -0.15) is 0 Å². The quantitative estimate of drug-likeness (QED) is 0.785. The lowest BCUT2D eigenvalue weighted by Gasteiger charge is -2.32. The average molecular weight is 318 g/mol. The highest BCUT2D eigenvalue weighted by Crippen LogP contribution is 2.28. The molecule has 0 amide bonds. The predicted octanol–water partition coefficient (Wildman–Crippen LogP) is 3.08. The van der Waals surface area contributed by atoms with E-state index >= 15 is 0 Å². The molecule has 1 heterocycles. The summed E-state index contributed by atoms with van der Waals surface area (Å²) in [6, 6.07) is 5.83. The van der Waals surface area contributed by atoms with Gasteiger partial charge in [-0.25, -0.2) is 0 Å². The van der Waals surface area contributed by atoms with Crippen molar-refractivity contribution in [2.75, 3.05) is 32.8 Å². The molecule has 2 rings (SSSR count). The molecule has 0 aliphatic carbocycles. The Morgan fingerprint density at radius 1 is 1.26 bits per heavy atom. The van der Waals surface area contributed by atoms with Gasteiger partial charge in [0.25, 0.3) is 0 Å². The zero-order valence-electron chi connectivity index (χ0n) is 14.9. The SMILES string of the molecule is CCCOc1ccc(C(=O)C(C)N2CCNCC2)cc1C(C)C. The zero-order chi connectivity index (χ0) is 16.8. The molecule has 1 N–H and O–H groups in total. The Bertz CT molecular complexity index is 522. The molecular formula is C19H30N2O2. The van der Waals surface area contributed by atoms with Crippen LogP contribution in [0.5, 0.6) is 5.75 Å². The van der Waals surface area contributed by atoms with Gasteiger partial charge in [-0.05, 0) is 43.0 Å². The second kappa shape index (κ2) is 8.46. The molecule has 1 aliphatic heterocycles. The number of piperazine rings is 1. The van der Waals surface area contributed by atoms with Crippen LogP contribution < -0.4 is 10.1 Å². The third-order valence-electron chi connectivity index (χ3n) is 4.46. The lowest BCUT2D eigenvalue weighted by atomic mass is 9.95. The standard InChI is InChI=1S/C19H30N2O2/c1-5-12-23-18-7-6-16(13-17(18)14(2)3)19(22)15(4)21-10-8-20-9-11-21/h6-7,13-15,20H,5,8-12H2,1-4H3. The molecule has 23 heavy (non-hydrogen) atoms. The number of ketones is 1. The summed E-state index contributed by atoms with van der Waals surface area (Å²) in [5, 5.41) is 3.33. The Hall–Kier alpha value is -1.39. The summed E-state index contributed by atoms with van der Waals surface area (Å²) in [5.74, 6) is 1.45. The molecule has 1 unspecified atom stereocenters. The van der Waals surface area contributed by atoms with Crippen LogP contribution in [0.15, 0.2) is 18.2 Å². The van der Waals surface area contributed by atoms with Gasteiger partial charge in [-0.3, -0.25) is 9.69 Å². The topological polar surface area (TPSA) is 41.6 Å². The van der Waals surface area contributed by atoms with Crippen molar-refractivity contribution in [3.05, 3.63) is 29.3 Å². The normalized spacial score (nSPS) is 17.3. The van der Waals surface area contributed by atoms with E-state index in [-0.39, 0.29) is 11.8 Å². The van der Waals surface area contributed by atoms with Gasteiger partial charge in [0.05, 0.1) is 12.6 Å². The van der Waals surface area contributed by atoms with Crippen LogP contribution in [0.25, 0.3) is 0 Å². The highest BCUT2D eigenvalue weighted by molar-refractivity contribution is 6.00. The van der Waals surface area contributed by atoms with Crippen molar-refractivity contribution in [2.45, 2.75) is 46.1 Å². The van der Waals surface area contributed by atoms with Gasteiger partial charge >= 0.3 is 0 Å². The van der Waals surface area contributed by atoms with Crippen LogP contribution in [-0.2, 0) is 0 Å². The molecule has 1 saturated heterocycles. The van der Waals surface area contributed by atoms with E-state index in [1.54, 1.807) is 0 Å². The number of hydrogen-bond acceptors (Lipinski definition) is 4. The van der Waals surface area contributed by atoms with Crippen LogP contribution >= 0.6 is 0 Å². The van der Waals surface area contributed by atoms with Crippen LogP contribution in [0.4, 0.5) is 0 Å². The van der Waals surface area contributed by atoms with Crippen molar-refractivity contribution >= 4 is 5.78 Å². The maximum atomic E-state index is 12.8. The Morgan fingerprint density at radius 3 is 2.57 bits per heavy atom. The molecule has 1 aromatic rings. The van der Waals surface area contributed by atoms with Crippen molar-refractivity contribution in [1.82, 2.24) is 10.2 Å². The second-order valence-corrected chi connectivity index (χ2v) is 6.58. The van der Waals surface area contributed by atoms with Gasteiger partial charge in [0.15, 0.2) is 5.78 Å². The van der Waals surface area contributed by atoms with Crippen molar-refractivity contribution in [3.8, 4) is 5.75 Å². The summed E-state index contributed by atoms with van der Waals surface area (Å²) < 4.78 is 5.83. The van der Waals surface area contributed by atoms with E-state index in [1.807, 2.05) is 25.1 Å². The summed E-state index contributed by atoms with van der Waals surface area (Å²) in [5.41, 5.74) is 1.92. The lowest BCUT2D eigenvalue weighted by Crippen LogP contribution is -2.50. The summed E-state index contributed by atoms with van der Waals surface area (Å²) >= 11 is 0. The first-order chi connectivity index (χ1) is 11.0. The Labute approximate surface area is 140 Å². The molecule has 4 nitrogen and oxygen atoms in total. The maximum Gasteiger partial charge on any atom is 0.179 e. The monoisotopic (exact) mass is 318 g/mol. The Kier molecular flexibility index (Phi) is 6.60. The first-order valence-corrected chi connectivity index (χ1v) is 8.80. The molecule has 0 radical (unpaired) electrons. The minimum Gasteiger partial charge on any atom is -0.493 e. The molecule has 4 heteroatoms. The largest absolute Gasteiger partial charge is 0.493 e. The van der Waals surface area contributed by atoms with Crippen LogP contribution in [0, 0.1) is 0 Å². The van der Waals surface area contributed by atoms with E-state index < -0.39 is 0 Å². The molecule has 0 saturated carbocycles. The first-order valence-electron chi connectivity index (χ1n) is 8.80. The summed E-state index contributed by atoms with van der Waals surface area (Å²) in [4.78, 5) is 15.1.